The molecule has 0 radical (unpaired) electrons. The lowest BCUT2D eigenvalue weighted by Crippen LogP contribution is -2.24. The van der Waals surface area contributed by atoms with Crippen molar-refractivity contribution in [3.8, 4) is 0 Å². The first kappa shape index (κ1) is 15.5. The number of sulfonamides is 1. The summed E-state index contributed by atoms with van der Waals surface area (Å²) in [5.74, 6) is 0. The maximum Gasteiger partial charge on any atom is 0.241 e. The Kier molecular flexibility index (Phi) is 4.82. The molecule has 2 aromatic rings. The third-order valence-electron chi connectivity index (χ3n) is 2.97. The molecule has 3 N–H and O–H groups in total. The van der Waals surface area contributed by atoms with Crippen molar-refractivity contribution >= 4 is 33.0 Å². The number of thiophene rings is 1. The van der Waals surface area contributed by atoms with E-state index in [4.69, 9.17) is 17.3 Å². The molecule has 0 bridgehead atoms. The van der Waals surface area contributed by atoms with Gasteiger partial charge in [0.05, 0.1) is 9.23 Å². The predicted molar refractivity (Wildman–Crippen MR) is 82.4 cm³/mol. The van der Waals surface area contributed by atoms with Crippen LogP contribution in [0.5, 0.6) is 0 Å². The summed E-state index contributed by atoms with van der Waals surface area (Å²) < 4.78 is 27.9. The Labute approximate surface area is 127 Å². The zero-order chi connectivity index (χ0) is 14.8. The van der Waals surface area contributed by atoms with Gasteiger partial charge in [-0.15, -0.1) is 11.3 Å². The van der Waals surface area contributed by atoms with Gasteiger partial charge in [-0.3, -0.25) is 0 Å². The molecule has 1 heterocycles. The van der Waals surface area contributed by atoms with E-state index < -0.39 is 10.0 Å². The van der Waals surface area contributed by atoms with Crippen LogP contribution in [0.2, 0.25) is 4.34 Å². The van der Waals surface area contributed by atoms with E-state index in [2.05, 4.69) is 4.72 Å². The third kappa shape index (κ3) is 3.39. The summed E-state index contributed by atoms with van der Waals surface area (Å²) in [4.78, 5) is 1.13. The van der Waals surface area contributed by atoms with Gasteiger partial charge in [-0.1, -0.05) is 23.7 Å². The van der Waals surface area contributed by atoms with Crippen molar-refractivity contribution in [1.29, 1.82) is 0 Å². The van der Waals surface area contributed by atoms with Crippen molar-refractivity contribution < 1.29 is 8.42 Å². The molecule has 0 aliphatic rings. The maximum absolute atomic E-state index is 12.3. The number of nitrogens with one attached hydrogen (secondary N) is 1. The quantitative estimate of drug-likeness (QED) is 0.885. The number of halogens is 1. The third-order valence-corrected chi connectivity index (χ3v) is 5.75. The topological polar surface area (TPSA) is 72.2 Å². The summed E-state index contributed by atoms with van der Waals surface area (Å²) in [6, 6.07) is 8.66. The SMILES string of the molecule is Cc1c(CN)cccc1S(=O)(=O)NCc1ccc(Cl)s1. The zero-order valence-corrected chi connectivity index (χ0v) is 13.3. The Morgan fingerprint density at radius 2 is 2.05 bits per heavy atom. The van der Waals surface area contributed by atoms with E-state index in [1.807, 2.05) is 6.07 Å². The average molecular weight is 331 g/mol. The molecule has 20 heavy (non-hydrogen) atoms. The van der Waals surface area contributed by atoms with Crippen molar-refractivity contribution in [2.75, 3.05) is 0 Å². The lowest BCUT2D eigenvalue weighted by atomic mass is 10.1. The van der Waals surface area contributed by atoms with Crippen LogP contribution in [0.25, 0.3) is 0 Å². The number of hydrogen-bond acceptors (Lipinski definition) is 4. The summed E-state index contributed by atoms with van der Waals surface area (Å²) in [6.45, 7) is 2.31. The van der Waals surface area contributed by atoms with Crippen LogP contribution >= 0.6 is 22.9 Å². The van der Waals surface area contributed by atoms with Gasteiger partial charge in [0.1, 0.15) is 0 Å². The van der Waals surface area contributed by atoms with Gasteiger partial charge in [0.2, 0.25) is 10.0 Å². The van der Waals surface area contributed by atoms with E-state index >= 15 is 0 Å². The fourth-order valence-electron chi connectivity index (χ4n) is 1.86. The minimum atomic E-state index is -3.55. The molecule has 7 heteroatoms. The van der Waals surface area contributed by atoms with E-state index in [1.54, 1.807) is 31.2 Å². The van der Waals surface area contributed by atoms with Gasteiger partial charge in [0, 0.05) is 18.0 Å². The molecule has 0 saturated heterocycles. The largest absolute Gasteiger partial charge is 0.326 e. The van der Waals surface area contributed by atoms with Crippen molar-refractivity contribution in [1.82, 2.24) is 4.72 Å². The number of rotatable bonds is 5. The number of nitrogens with two attached hydrogens (primary N) is 1. The molecule has 0 unspecified atom stereocenters. The summed E-state index contributed by atoms with van der Waals surface area (Å²) in [5.41, 5.74) is 7.12. The fourth-order valence-corrected chi connectivity index (χ4v) is 4.27. The summed E-state index contributed by atoms with van der Waals surface area (Å²) in [5, 5.41) is 0. The van der Waals surface area contributed by atoms with E-state index in [0.717, 1.165) is 10.4 Å². The highest BCUT2D eigenvalue weighted by molar-refractivity contribution is 7.89. The summed E-state index contributed by atoms with van der Waals surface area (Å²) >= 11 is 7.17. The number of benzene rings is 1. The fraction of sp³-hybridized carbons (Fsp3) is 0.231. The standard InChI is InChI=1S/C13H15ClN2O2S2/c1-9-10(7-15)3-2-4-12(9)20(17,18)16-8-11-5-6-13(14)19-11/h2-6,16H,7-8,15H2,1H3. The Morgan fingerprint density at radius 1 is 1.30 bits per heavy atom. The van der Waals surface area contributed by atoms with Gasteiger partial charge in [-0.25, -0.2) is 13.1 Å². The molecule has 1 aromatic heterocycles. The first-order valence-electron chi connectivity index (χ1n) is 5.96. The van der Waals surface area contributed by atoms with Crippen LogP contribution in [-0.2, 0) is 23.1 Å². The Hall–Kier alpha value is -0.920. The first-order chi connectivity index (χ1) is 9.44. The Bertz CT molecular complexity index is 711. The van der Waals surface area contributed by atoms with Crippen molar-refractivity contribution in [3.05, 3.63) is 50.7 Å². The molecule has 1 aromatic carbocycles. The first-order valence-corrected chi connectivity index (χ1v) is 8.64. The monoisotopic (exact) mass is 330 g/mol. The molecule has 0 atom stereocenters. The molecular formula is C13H15ClN2O2S2. The maximum atomic E-state index is 12.3. The zero-order valence-electron chi connectivity index (χ0n) is 10.9. The van der Waals surface area contributed by atoms with Gasteiger partial charge in [0.25, 0.3) is 0 Å². The minimum absolute atomic E-state index is 0.228. The van der Waals surface area contributed by atoms with Crippen molar-refractivity contribution in [3.63, 3.8) is 0 Å². The van der Waals surface area contributed by atoms with Gasteiger partial charge < -0.3 is 5.73 Å². The minimum Gasteiger partial charge on any atom is -0.326 e. The van der Waals surface area contributed by atoms with Crippen LogP contribution in [0.3, 0.4) is 0 Å². The van der Waals surface area contributed by atoms with Crippen molar-refractivity contribution in [2.24, 2.45) is 5.73 Å². The highest BCUT2D eigenvalue weighted by Crippen LogP contribution is 2.23. The molecule has 0 aliphatic heterocycles. The van der Waals surface area contributed by atoms with E-state index in [-0.39, 0.29) is 11.4 Å². The summed E-state index contributed by atoms with van der Waals surface area (Å²) in [6.07, 6.45) is 0. The van der Waals surface area contributed by atoms with E-state index in [1.165, 1.54) is 11.3 Å². The molecule has 0 spiro atoms. The Balaban J connectivity index is 2.22. The normalized spacial score (nSPS) is 11.8. The van der Waals surface area contributed by atoms with Gasteiger partial charge >= 0.3 is 0 Å². The van der Waals surface area contributed by atoms with Gasteiger partial charge in [-0.2, -0.15) is 0 Å². The van der Waals surface area contributed by atoms with Crippen LogP contribution < -0.4 is 10.5 Å². The molecule has 0 aliphatic carbocycles. The van der Waals surface area contributed by atoms with Gasteiger partial charge in [-0.05, 0) is 36.2 Å². The van der Waals surface area contributed by atoms with E-state index in [9.17, 15) is 8.42 Å². The van der Waals surface area contributed by atoms with Crippen LogP contribution in [-0.4, -0.2) is 8.42 Å². The van der Waals surface area contributed by atoms with Crippen LogP contribution in [0.1, 0.15) is 16.0 Å². The second kappa shape index (κ2) is 6.24. The molecule has 0 fully saturated rings. The van der Waals surface area contributed by atoms with E-state index in [0.29, 0.717) is 16.4 Å². The number of hydrogen-bond donors (Lipinski definition) is 2. The molecule has 108 valence electrons. The van der Waals surface area contributed by atoms with Crippen LogP contribution in [0, 0.1) is 6.92 Å². The average Bonchev–Trinajstić information content (AvgIpc) is 2.82. The molecule has 4 nitrogen and oxygen atoms in total. The van der Waals surface area contributed by atoms with Crippen molar-refractivity contribution in [2.45, 2.75) is 24.9 Å². The van der Waals surface area contributed by atoms with Crippen LogP contribution in [0.4, 0.5) is 0 Å². The predicted octanol–water partition coefficient (Wildman–Crippen LogP) is 2.65. The second-order valence-electron chi connectivity index (χ2n) is 4.27. The Morgan fingerprint density at radius 3 is 2.65 bits per heavy atom. The highest BCUT2D eigenvalue weighted by atomic mass is 35.5. The smallest absolute Gasteiger partial charge is 0.241 e. The second-order valence-corrected chi connectivity index (χ2v) is 7.81. The molecule has 2 rings (SSSR count). The molecule has 0 amide bonds. The molecule has 0 saturated carbocycles. The van der Waals surface area contributed by atoms with Crippen LogP contribution in [0.15, 0.2) is 35.2 Å². The lowest BCUT2D eigenvalue weighted by Gasteiger charge is -2.11. The molecular weight excluding hydrogens is 316 g/mol. The van der Waals surface area contributed by atoms with Gasteiger partial charge in [0.15, 0.2) is 0 Å². The highest BCUT2D eigenvalue weighted by Gasteiger charge is 2.18. The summed E-state index contributed by atoms with van der Waals surface area (Å²) in [7, 11) is -3.55. The lowest BCUT2D eigenvalue weighted by molar-refractivity contribution is 0.581.